The van der Waals surface area contributed by atoms with Gasteiger partial charge in [0.05, 0.1) is 17.3 Å². The van der Waals surface area contributed by atoms with Gasteiger partial charge >= 0.3 is 15.5 Å². The molecule has 0 radical (unpaired) electrons. The van der Waals surface area contributed by atoms with Gasteiger partial charge in [0, 0.05) is 17.8 Å². The third-order valence-electron chi connectivity index (χ3n) is 3.83. The number of alkyl halides is 3. The Hall–Kier alpha value is -3.24. The lowest BCUT2D eigenvalue weighted by Crippen LogP contribution is -2.43. The highest BCUT2D eigenvalue weighted by Gasteiger charge is 2.46. The minimum Gasteiger partial charge on any atom is -0.476 e. The van der Waals surface area contributed by atoms with Gasteiger partial charge < -0.3 is 10.1 Å². The van der Waals surface area contributed by atoms with Gasteiger partial charge in [0.1, 0.15) is 12.7 Å². The summed E-state index contributed by atoms with van der Waals surface area (Å²) >= 11 is 0. The molecule has 2 N–H and O–H groups in total. The Balaban J connectivity index is 2.12. The SMILES string of the molecule is Cc1cnc(OC[C@H](C)NS(=O)(=O)C(F)(F)F)cc1C(=O)Nc1cccc(C#N)c1F. The molecule has 0 aliphatic carbocycles. The van der Waals surface area contributed by atoms with Crippen molar-refractivity contribution in [1.29, 1.82) is 5.26 Å². The molecule has 1 heterocycles. The summed E-state index contributed by atoms with van der Waals surface area (Å²) in [5.41, 5.74) is -5.54. The summed E-state index contributed by atoms with van der Waals surface area (Å²) in [6, 6.07) is 5.44. The van der Waals surface area contributed by atoms with Crippen LogP contribution in [0.3, 0.4) is 0 Å². The second-order valence-electron chi connectivity index (χ2n) is 6.35. The number of hydrogen-bond donors (Lipinski definition) is 2. The van der Waals surface area contributed by atoms with Crippen molar-refractivity contribution in [1.82, 2.24) is 9.71 Å². The van der Waals surface area contributed by atoms with Gasteiger partial charge in [0.25, 0.3) is 5.91 Å². The van der Waals surface area contributed by atoms with Crippen LogP contribution < -0.4 is 14.8 Å². The van der Waals surface area contributed by atoms with Gasteiger partial charge in [-0.1, -0.05) is 6.07 Å². The summed E-state index contributed by atoms with van der Waals surface area (Å²) in [7, 11) is -5.55. The second kappa shape index (κ2) is 9.27. The van der Waals surface area contributed by atoms with Crippen molar-refractivity contribution in [3.8, 4) is 11.9 Å². The standard InChI is InChI=1S/C18H16F4N4O4S/c1-10-8-24-15(30-9-11(2)26-31(28,29)18(20,21)22)6-13(10)17(27)25-14-5-3-4-12(7-23)16(14)19/h3-6,8,11,26H,9H2,1-2H3,(H,25,27)/t11-/m0/s1. The molecule has 0 aliphatic rings. The highest BCUT2D eigenvalue weighted by molar-refractivity contribution is 7.90. The van der Waals surface area contributed by atoms with Crippen molar-refractivity contribution in [3.05, 3.63) is 53.0 Å². The first kappa shape index (κ1) is 24.0. The lowest BCUT2D eigenvalue weighted by atomic mass is 10.1. The summed E-state index contributed by atoms with van der Waals surface area (Å²) in [6.45, 7) is 2.18. The molecule has 13 heteroatoms. The highest BCUT2D eigenvalue weighted by atomic mass is 32.2. The molecule has 0 unspecified atom stereocenters. The number of benzene rings is 1. The summed E-state index contributed by atoms with van der Waals surface area (Å²) < 4.78 is 80.2. The molecular weight excluding hydrogens is 444 g/mol. The molecule has 0 saturated heterocycles. The van der Waals surface area contributed by atoms with Crippen LogP contribution in [0.1, 0.15) is 28.4 Å². The second-order valence-corrected chi connectivity index (χ2v) is 8.06. The van der Waals surface area contributed by atoms with Gasteiger partial charge in [-0.3, -0.25) is 4.79 Å². The molecule has 1 aromatic heterocycles. The molecule has 31 heavy (non-hydrogen) atoms. The lowest BCUT2D eigenvalue weighted by Gasteiger charge is -2.16. The minimum absolute atomic E-state index is 0.0234. The van der Waals surface area contributed by atoms with Gasteiger partial charge in [-0.25, -0.2) is 22.5 Å². The zero-order valence-electron chi connectivity index (χ0n) is 16.1. The third kappa shape index (κ3) is 5.89. The van der Waals surface area contributed by atoms with Crippen LogP contribution in [0.5, 0.6) is 5.88 Å². The van der Waals surface area contributed by atoms with Crippen LogP contribution >= 0.6 is 0 Å². The number of nitriles is 1. The molecule has 0 fully saturated rings. The first-order valence-corrected chi connectivity index (χ1v) is 10.0. The number of amides is 1. The van der Waals surface area contributed by atoms with E-state index in [1.165, 1.54) is 42.1 Å². The summed E-state index contributed by atoms with van der Waals surface area (Å²) in [6.07, 6.45) is 1.25. The van der Waals surface area contributed by atoms with Crippen LogP contribution in [0.25, 0.3) is 0 Å². The fraction of sp³-hybridized carbons (Fsp3) is 0.278. The van der Waals surface area contributed by atoms with E-state index in [2.05, 4.69) is 10.3 Å². The predicted molar refractivity (Wildman–Crippen MR) is 101 cm³/mol. The van der Waals surface area contributed by atoms with E-state index in [9.17, 15) is 30.8 Å². The Morgan fingerprint density at radius 2 is 2.03 bits per heavy atom. The maximum atomic E-state index is 14.1. The number of nitrogens with one attached hydrogen (secondary N) is 2. The van der Waals surface area contributed by atoms with Gasteiger partial charge in [0.15, 0.2) is 5.82 Å². The summed E-state index contributed by atoms with van der Waals surface area (Å²) in [4.78, 5) is 16.4. The molecular formula is C18H16F4N4O4S. The Morgan fingerprint density at radius 1 is 1.35 bits per heavy atom. The van der Waals surface area contributed by atoms with E-state index in [0.29, 0.717) is 5.56 Å². The number of pyridine rings is 1. The van der Waals surface area contributed by atoms with Crippen LogP contribution in [0.2, 0.25) is 0 Å². The minimum atomic E-state index is -5.55. The average Bonchev–Trinajstić information content (AvgIpc) is 2.67. The smallest absolute Gasteiger partial charge is 0.476 e. The largest absolute Gasteiger partial charge is 0.511 e. The molecule has 0 saturated carbocycles. The molecule has 0 bridgehead atoms. The van der Waals surface area contributed by atoms with Crippen LogP contribution in [-0.2, 0) is 10.0 Å². The zero-order chi connectivity index (χ0) is 23.4. The quantitative estimate of drug-likeness (QED) is 0.613. The maximum Gasteiger partial charge on any atom is 0.511 e. The number of halogens is 4. The molecule has 1 amide bonds. The van der Waals surface area contributed by atoms with E-state index < -0.39 is 39.9 Å². The molecule has 1 atom stereocenters. The summed E-state index contributed by atoms with van der Waals surface area (Å²) in [5, 5.41) is 11.2. The van der Waals surface area contributed by atoms with Crippen molar-refractivity contribution in [3.63, 3.8) is 0 Å². The number of nitrogens with zero attached hydrogens (tertiary/aromatic N) is 2. The van der Waals surface area contributed by atoms with Gasteiger partial charge in [0.2, 0.25) is 5.88 Å². The molecule has 2 aromatic rings. The maximum absolute atomic E-state index is 14.1. The van der Waals surface area contributed by atoms with Crippen LogP contribution in [0.15, 0.2) is 30.5 Å². The van der Waals surface area contributed by atoms with E-state index in [1.54, 1.807) is 6.07 Å². The number of rotatable bonds is 7. The van der Waals surface area contributed by atoms with E-state index >= 15 is 0 Å². The molecule has 1 aromatic carbocycles. The van der Waals surface area contributed by atoms with Crippen LogP contribution in [-0.4, -0.2) is 37.5 Å². The predicted octanol–water partition coefficient (Wildman–Crippen LogP) is 2.86. The Bertz CT molecular complexity index is 1130. The fourth-order valence-electron chi connectivity index (χ4n) is 2.31. The van der Waals surface area contributed by atoms with Crippen LogP contribution in [0, 0.1) is 24.1 Å². The van der Waals surface area contributed by atoms with Gasteiger partial charge in [-0.05, 0) is 31.5 Å². The first-order chi connectivity index (χ1) is 14.4. The van der Waals surface area contributed by atoms with Crippen molar-refractivity contribution in [2.75, 3.05) is 11.9 Å². The molecule has 2 rings (SSSR count). The molecule has 0 spiro atoms. The van der Waals surface area contributed by atoms with E-state index in [1.807, 2.05) is 0 Å². The fourth-order valence-corrected chi connectivity index (χ4v) is 3.04. The zero-order valence-corrected chi connectivity index (χ0v) is 16.9. The van der Waals surface area contributed by atoms with Crippen molar-refractivity contribution < 1.29 is 35.5 Å². The Morgan fingerprint density at radius 3 is 2.65 bits per heavy atom. The van der Waals surface area contributed by atoms with E-state index in [-0.39, 0.29) is 22.7 Å². The monoisotopic (exact) mass is 460 g/mol. The summed E-state index contributed by atoms with van der Waals surface area (Å²) in [5.74, 6) is -1.82. The van der Waals surface area contributed by atoms with Crippen molar-refractivity contribution >= 4 is 21.6 Å². The van der Waals surface area contributed by atoms with E-state index in [4.69, 9.17) is 10.00 Å². The number of anilines is 1. The third-order valence-corrected chi connectivity index (χ3v) is 5.15. The number of aromatic nitrogens is 1. The van der Waals surface area contributed by atoms with Gasteiger partial charge in [-0.2, -0.15) is 18.4 Å². The van der Waals surface area contributed by atoms with Crippen LogP contribution in [0.4, 0.5) is 23.2 Å². The van der Waals surface area contributed by atoms with Crippen molar-refractivity contribution in [2.24, 2.45) is 0 Å². The number of sulfonamides is 1. The Labute approximate surface area is 174 Å². The first-order valence-electron chi connectivity index (χ1n) is 8.53. The normalized spacial score (nSPS) is 12.7. The number of ether oxygens (including phenoxy) is 1. The number of hydrogen-bond acceptors (Lipinski definition) is 6. The Kier molecular flexibility index (Phi) is 7.19. The number of carbonyl (C=O) groups excluding carboxylic acids is 1. The average molecular weight is 460 g/mol. The number of carbonyl (C=O) groups is 1. The van der Waals surface area contributed by atoms with Crippen molar-refractivity contribution in [2.45, 2.75) is 25.4 Å². The van der Waals surface area contributed by atoms with Gasteiger partial charge in [-0.15, -0.1) is 0 Å². The highest BCUT2D eigenvalue weighted by Crippen LogP contribution is 2.23. The molecule has 8 nitrogen and oxygen atoms in total. The molecule has 166 valence electrons. The molecule has 0 aliphatic heterocycles. The topological polar surface area (TPSA) is 121 Å². The number of aryl methyl sites for hydroxylation is 1. The van der Waals surface area contributed by atoms with E-state index in [0.717, 1.165) is 6.92 Å². The lowest BCUT2D eigenvalue weighted by molar-refractivity contribution is -0.0451.